The Kier molecular flexibility index (Phi) is 6.12. The van der Waals surface area contributed by atoms with E-state index in [1.807, 2.05) is 0 Å². The Labute approximate surface area is 148 Å². The molecule has 2 rings (SSSR count). The highest BCUT2D eigenvalue weighted by molar-refractivity contribution is 5.98. The summed E-state index contributed by atoms with van der Waals surface area (Å²) in [5.74, 6) is -2.72. The van der Waals surface area contributed by atoms with Crippen LogP contribution in [0.3, 0.4) is 0 Å². The number of carboxylic acid groups (broad SMARTS) is 1. The van der Waals surface area contributed by atoms with Crippen LogP contribution in [0, 0.1) is 5.41 Å². The Bertz CT molecular complexity index is 827. The molecule has 140 valence electrons. The van der Waals surface area contributed by atoms with Crippen LogP contribution in [0.2, 0.25) is 0 Å². The number of carbonyl (C=O) groups excluding carboxylic acids is 1. The topological polar surface area (TPSA) is 154 Å². The number of rotatable bonds is 7. The summed E-state index contributed by atoms with van der Waals surface area (Å²) in [6.45, 7) is -0.426. The van der Waals surface area contributed by atoms with Gasteiger partial charge in [-0.25, -0.2) is 0 Å². The summed E-state index contributed by atoms with van der Waals surface area (Å²) in [7, 11) is 1.66. The summed E-state index contributed by atoms with van der Waals surface area (Å²) in [5.41, 5.74) is -0.454. The van der Waals surface area contributed by atoms with E-state index in [2.05, 4.69) is 10.6 Å². The first-order valence-corrected chi connectivity index (χ1v) is 7.83. The molecule has 5 N–H and O–H groups in total. The minimum atomic E-state index is -1.27. The number of aromatic hydroxyl groups is 1. The number of nitrogens with one attached hydrogen (secondary N) is 3. The van der Waals surface area contributed by atoms with E-state index < -0.39 is 35.3 Å². The van der Waals surface area contributed by atoms with E-state index in [1.165, 1.54) is 16.8 Å². The van der Waals surface area contributed by atoms with Crippen LogP contribution in [-0.2, 0) is 29.1 Å². The highest BCUT2D eigenvalue weighted by atomic mass is 16.5. The molecular weight excluding hydrogens is 344 g/mol. The Morgan fingerprint density at radius 3 is 2.81 bits per heavy atom. The molecule has 1 aliphatic heterocycles. The quantitative estimate of drug-likeness (QED) is 0.397. The standard InChI is InChI=1S/C16H20N4O6/c1-18-4-2-9(17)7-20-11-8-26-5-3-10(11)14(23)13(16(20)25)15(24)19-6-12(21)22/h2,4,17-18,23H,3,5-8H2,1H3,(H,19,24)(H,21,22)/b4-2-,17-9?. The SMILES string of the molecule is CN/C=C\C(=N)Cn1c2c(c(O)c(C(=O)NCC(=O)O)c1=O)CCOC2. The molecule has 0 aliphatic carbocycles. The van der Waals surface area contributed by atoms with Gasteiger partial charge in [-0.05, 0) is 12.3 Å². The maximum atomic E-state index is 12.8. The first kappa shape index (κ1) is 19.2. The molecule has 0 fully saturated rings. The summed E-state index contributed by atoms with van der Waals surface area (Å²) in [5, 5.41) is 31.8. The smallest absolute Gasteiger partial charge is 0.322 e. The lowest BCUT2D eigenvalue weighted by molar-refractivity contribution is -0.135. The Balaban J connectivity index is 2.52. The fraction of sp³-hybridized carbons (Fsp3) is 0.375. The fourth-order valence-corrected chi connectivity index (χ4v) is 2.60. The van der Waals surface area contributed by atoms with E-state index in [0.29, 0.717) is 24.3 Å². The molecule has 10 nitrogen and oxygen atoms in total. The average Bonchev–Trinajstić information content (AvgIpc) is 2.61. The van der Waals surface area contributed by atoms with Crippen molar-refractivity contribution in [3.05, 3.63) is 39.5 Å². The highest BCUT2D eigenvalue weighted by Gasteiger charge is 2.27. The molecule has 0 bridgehead atoms. The molecule has 26 heavy (non-hydrogen) atoms. The van der Waals surface area contributed by atoms with Crippen molar-refractivity contribution in [1.29, 1.82) is 5.41 Å². The van der Waals surface area contributed by atoms with Gasteiger partial charge in [-0.3, -0.25) is 14.4 Å². The molecular formula is C16H20N4O6. The number of aromatic nitrogens is 1. The Hall–Kier alpha value is -3.14. The van der Waals surface area contributed by atoms with E-state index >= 15 is 0 Å². The van der Waals surface area contributed by atoms with Crippen molar-refractivity contribution in [3.8, 4) is 5.75 Å². The van der Waals surface area contributed by atoms with Gasteiger partial charge in [0.2, 0.25) is 0 Å². The Morgan fingerprint density at radius 2 is 2.15 bits per heavy atom. The van der Waals surface area contributed by atoms with E-state index in [9.17, 15) is 19.5 Å². The van der Waals surface area contributed by atoms with E-state index in [-0.39, 0.29) is 18.9 Å². The number of aliphatic carboxylic acids is 1. The summed E-state index contributed by atoms with van der Waals surface area (Å²) >= 11 is 0. The second kappa shape index (κ2) is 8.30. The molecule has 0 spiro atoms. The van der Waals surface area contributed by atoms with Gasteiger partial charge >= 0.3 is 5.97 Å². The molecule has 0 unspecified atom stereocenters. The minimum Gasteiger partial charge on any atom is -0.507 e. The molecule has 0 aromatic carbocycles. The van der Waals surface area contributed by atoms with Crippen molar-refractivity contribution >= 4 is 17.6 Å². The lowest BCUT2D eigenvalue weighted by Gasteiger charge is -2.23. The molecule has 0 saturated heterocycles. The molecule has 0 radical (unpaired) electrons. The van der Waals surface area contributed by atoms with Gasteiger partial charge in [0.05, 0.1) is 31.2 Å². The van der Waals surface area contributed by atoms with Gasteiger partial charge in [-0.1, -0.05) is 0 Å². The first-order chi connectivity index (χ1) is 12.4. The van der Waals surface area contributed by atoms with Crippen LogP contribution >= 0.6 is 0 Å². The van der Waals surface area contributed by atoms with Crippen molar-refractivity contribution < 1.29 is 24.5 Å². The molecule has 1 aliphatic rings. The van der Waals surface area contributed by atoms with Crippen molar-refractivity contribution in [1.82, 2.24) is 15.2 Å². The molecule has 0 saturated carbocycles. The van der Waals surface area contributed by atoms with Gasteiger partial charge in [0, 0.05) is 19.0 Å². The third-order valence-corrected chi connectivity index (χ3v) is 3.80. The molecule has 1 amide bonds. The van der Waals surface area contributed by atoms with Gasteiger partial charge in [0.25, 0.3) is 11.5 Å². The number of allylic oxidation sites excluding steroid dienone is 1. The zero-order chi connectivity index (χ0) is 19.3. The molecule has 10 heteroatoms. The van der Waals surface area contributed by atoms with Crippen molar-refractivity contribution in [2.45, 2.75) is 19.6 Å². The van der Waals surface area contributed by atoms with Crippen LogP contribution in [0.15, 0.2) is 17.1 Å². The van der Waals surface area contributed by atoms with Crippen LogP contribution in [0.25, 0.3) is 0 Å². The first-order valence-electron chi connectivity index (χ1n) is 7.83. The Morgan fingerprint density at radius 1 is 1.42 bits per heavy atom. The number of fused-ring (bicyclic) bond motifs is 1. The maximum absolute atomic E-state index is 12.8. The number of amides is 1. The average molecular weight is 364 g/mol. The summed E-state index contributed by atoms with van der Waals surface area (Å²) in [6.07, 6.45) is 3.27. The monoisotopic (exact) mass is 364 g/mol. The normalized spacial score (nSPS) is 13.3. The third kappa shape index (κ3) is 4.09. The summed E-state index contributed by atoms with van der Waals surface area (Å²) < 4.78 is 6.54. The number of nitrogens with zero attached hydrogens (tertiary/aromatic N) is 1. The number of carbonyl (C=O) groups is 2. The van der Waals surface area contributed by atoms with Crippen molar-refractivity contribution in [3.63, 3.8) is 0 Å². The van der Waals surface area contributed by atoms with E-state index in [1.54, 1.807) is 7.05 Å². The van der Waals surface area contributed by atoms with Gasteiger partial charge < -0.3 is 35.6 Å². The van der Waals surface area contributed by atoms with Gasteiger partial charge in [0.15, 0.2) is 0 Å². The van der Waals surface area contributed by atoms with E-state index in [0.717, 1.165) is 0 Å². The number of hydrogen-bond donors (Lipinski definition) is 5. The molecule has 2 heterocycles. The predicted octanol–water partition coefficient (Wildman–Crippen LogP) is -0.806. The lowest BCUT2D eigenvalue weighted by Crippen LogP contribution is -2.39. The van der Waals surface area contributed by atoms with Crippen molar-refractivity contribution in [2.75, 3.05) is 20.2 Å². The van der Waals surface area contributed by atoms with Crippen LogP contribution in [0.1, 0.15) is 21.6 Å². The van der Waals surface area contributed by atoms with Crippen molar-refractivity contribution in [2.24, 2.45) is 0 Å². The largest absolute Gasteiger partial charge is 0.507 e. The van der Waals surface area contributed by atoms with Crippen LogP contribution in [0.5, 0.6) is 5.75 Å². The zero-order valence-corrected chi connectivity index (χ0v) is 14.2. The number of ether oxygens (including phenoxy) is 1. The lowest BCUT2D eigenvalue weighted by atomic mass is 10.0. The van der Waals surface area contributed by atoms with Crippen LogP contribution in [0.4, 0.5) is 0 Å². The van der Waals surface area contributed by atoms with E-state index in [4.69, 9.17) is 15.3 Å². The molecule has 1 aromatic heterocycles. The molecule has 0 atom stereocenters. The zero-order valence-electron chi connectivity index (χ0n) is 14.2. The number of pyridine rings is 1. The second-order valence-electron chi connectivity index (χ2n) is 5.57. The minimum absolute atomic E-state index is 0.0676. The van der Waals surface area contributed by atoms with Crippen LogP contribution < -0.4 is 16.2 Å². The van der Waals surface area contributed by atoms with Crippen LogP contribution in [-0.4, -0.2) is 52.6 Å². The fourth-order valence-electron chi connectivity index (χ4n) is 2.60. The van der Waals surface area contributed by atoms with Gasteiger partial charge in [0.1, 0.15) is 17.9 Å². The predicted molar refractivity (Wildman–Crippen MR) is 91.6 cm³/mol. The number of carboxylic acids is 1. The van der Waals surface area contributed by atoms with Gasteiger partial charge in [-0.15, -0.1) is 0 Å². The highest BCUT2D eigenvalue weighted by Crippen LogP contribution is 2.27. The number of hydrogen-bond acceptors (Lipinski definition) is 7. The second-order valence-corrected chi connectivity index (χ2v) is 5.57. The maximum Gasteiger partial charge on any atom is 0.322 e. The summed E-state index contributed by atoms with van der Waals surface area (Å²) in [4.78, 5) is 35.6. The van der Waals surface area contributed by atoms with Gasteiger partial charge in [-0.2, -0.15) is 0 Å². The third-order valence-electron chi connectivity index (χ3n) is 3.80. The molecule has 1 aromatic rings. The summed E-state index contributed by atoms with van der Waals surface area (Å²) in [6, 6.07) is 0.